The summed E-state index contributed by atoms with van der Waals surface area (Å²) in [4.78, 5) is 22.7. The number of aliphatic hydroxyl groups is 2. The summed E-state index contributed by atoms with van der Waals surface area (Å²) in [6, 6.07) is 0. The van der Waals surface area contributed by atoms with Crippen LogP contribution in [0.25, 0.3) is 0 Å². The lowest BCUT2D eigenvalue weighted by atomic mass is 10.0. The van der Waals surface area contributed by atoms with Crippen molar-refractivity contribution in [3.8, 4) is 0 Å². The van der Waals surface area contributed by atoms with Crippen LogP contribution in [0.3, 0.4) is 0 Å². The van der Waals surface area contributed by atoms with Crippen LogP contribution < -0.4 is 0 Å². The molecule has 10 heteroatoms. The SMILES string of the molecule is CCCCC/C=C\C/C=C\CCCCCCCCCCCC(=O)OC(COCCCCCCCCCCCCCCCCCCCCC)COP(=O)(O)OCC(O)CO. The van der Waals surface area contributed by atoms with Gasteiger partial charge in [0, 0.05) is 13.0 Å². The molecule has 0 rings (SSSR count). The van der Waals surface area contributed by atoms with Crippen LogP contribution in [0.4, 0.5) is 0 Å². The maximum atomic E-state index is 12.7. The average molecular weight is 859 g/mol. The van der Waals surface area contributed by atoms with Crippen molar-refractivity contribution < 1.29 is 43.0 Å². The van der Waals surface area contributed by atoms with E-state index in [4.69, 9.17) is 23.6 Å². The predicted molar refractivity (Wildman–Crippen MR) is 247 cm³/mol. The van der Waals surface area contributed by atoms with Gasteiger partial charge < -0.3 is 24.6 Å². The zero-order valence-electron chi connectivity index (χ0n) is 38.5. The molecular weight excluding hydrogens is 764 g/mol. The van der Waals surface area contributed by atoms with Crippen molar-refractivity contribution in [3.05, 3.63) is 24.3 Å². The number of hydrogen-bond donors (Lipinski definition) is 3. The Morgan fingerprint density at radius 1 is 0.525 bits per heavy atom. The Bertz CT molecular complexity index is 975. The number of carbonyl (C=O) groups is 1. The van der Waals surface area contributed by atoms with Crippen LogP contribution in [0.1, 0.15) is 239 Å². The maximum absolute atomic E-state index is 12.7. The molecule has 0 aliphatic carbocycles. The first-order chi connectivity index (χ1) is 28.8. The van der Waals surface area contributed by atoms with Gasteiger partial charge in [-0.3, -0.25) is 13.8 Å². The molecule has 0 aliphatic heterocycles. The second-order valence-electron chi connectivity index (χ2n) is 16.8. The van der Waals surface area contributed by atoms with E-state index in [0.717, 1.165) is 38.5 Å². The van der Waals surface area contributed by atoms with Gasteiger partial charge in [-0.05, 0) is 44.9 Å². The zero-order valence-corrected chi connectivity index (χ0v) is 39.4. The molecule has 0 fully saturated rings. The van der Waals surface area contributed by atoms with Gasteiger partial charge in [-0.1, -0.05) is 212 Å². The quantitative estimate of drug-likeness (QED) is 0.0237. The number of phosphoric acid groups is 1. The molecule has 0 saturated heterocycles. The van der Waals surface area contributed by atoms with Crippen LogP contribution in [0, 0.1) is 0 Å². The molecule has 0 aliphatic rings. The van der Waals surface area contributed by atoms with Gasteiger partial charge in [0.15, 0.2) is 0 Å². The van der Waals surface area contributed by atoms with Crippen molar-refractivity contribution in [3.63, 3.8) is 0 Å². The molecule has 0 heterocycles. The van der Waals surface area contributed by atoms with Crippen LogP contribution in [-0.4, -0.2) is 66.3 Å². The summed E-state index contributed by atoms with van der Waals surface area (Å²) in [6.45, 7) is 3.54. The van der Waals surface area contributed by atoms with Crippen LogP contribution in [-0.2, 0) is 27.9 Å². The molecule has 9 nitrogen and oxygen atoms in total. The topological polar surface area (TPSA) is 132 Å². The number of allylic oxidation sites excluding steroid dienone is 4. The minimum atomic E-state index is -4.52. The molecule has 350 valence electrons. The van der Waals surface area contributed by atoms with E-state index in [2.05, 4.69) is 38.2 Å². The first kappa shape index (κ1) is 57.9. The second kappa shape index (κ2) is 46.4. The monoisotopic (exact) mass is 859 g/mol. The lowest BCUT2D eigenvalue weighted by Gasteiger charge is -2.20. The molecular formula is C49H95O9P. The van der Waals surface area contributed by atoms with Gasteiger partial charge in [0.25, 0.3) is 0 Å². The summed E-state index contributed by atoms with van der Waals surface area (Å²) in [5.74, 6) is -0.382. The summed E-state index contributed by atoms with van der Waals surface area (Å²) >= 11 is 0. The van der Waals surface area contributed by atoms with Crippen molar-refractivity contribution >= 4 is 13.8 Å². The summed E-state index contributed by atoms with van der Waals surface area (Å²) in [7, 11) is -4.52. The van der Waals surface area contributed by atoms with Crippen LogP contribution in [0.2, 0.25) is 0 Å². The third-order valence-electron chi connectivity index (χ3n) is 10.9. The highest BCUT2D eigenvalue weighted by atomic mass is 31.2. The maximum Gasteiger partial charge on any atom is 0.472 e. The molecule has 0 amide bonds. The summed E-state index contributed by atoms with van der Waals surface area (Å²) < 4.78 is 33.5. The fourth-order valence-corrected chi connectivity index (χ4v) is 7.88. The Kier molecular flexibility index (Phi) is 45.6. The number of hydrogen-bond acceptors (Lipinski definition) is 8. The highest BCUT2D eigenvalue weighted by molar-refractivity contribution is 7.47. The number of aliphatic hydroxyl groups excluding tert-OH is 2. The molecule has 0 aromatic heterocycles. The zero-order chi connectivity index (χ0) is 43.2. The number of phosphoric ester groups is 1. The largest absolute Gasteiger partial charge is 0.472 e. The average Bonchev–Trinajstić information content (AvgIpc) is 3.23. The van der Waals surface area contributed by atoms with Crippen molar-refractivity contribution in [2.75, 3.05) is 33.0 Å². The van der Waals surface area contributed by atoms with Gasteiger partial charge in [-0.15, -0.1) is 0 Å². The van der Waals surface area contributed by atoms with E-state index >= 15 is 0 Å². The van der Waals surface area contributed by atoms with Crippen LogP contribution in [0.15, 0.2) is 24.3 Å². The van der Waals surface area contributed by atoms with Crippen molar-refractivity contribution in [2.45, 2.75) is 251 Å². The van der Waals surface area contributed by atoms with Gasteiger partial charge in [-0.25, -0.2) is 4.57 Å². The molecule has 0 aromatic rings. The van der Waals surface area contributed by atoms with E-state index < -0.39 is 33.2 Å². The Hall–Kier alpha value is -1.06. The van der Waals surface area contributed by atoms with E-state index in [1.54, 1.807) is 0 Å². The van der Waals surface area contributed by atoms with E-state index in [9.17, 15) is 19.4 Å². The summed E-state index contributed by atoms with van der Waals surface area (Å²) in [5, 5.41) is 18.4. The highest BCUT2D eigenvalue weighted by Gasteiger charge is 2.26. The Morgan fingerprint density at radius 3 is 1.39 bits per heavy atom. The molecule has 0 aromatic carbocycles. The van der Waals surface area contributed by atoms with Gasteiger partial charge in [0.1, 0.15) is 12.2 Å². The second-order valence-corrected chi connectivity index (χ2v) is 18.3. The van der Waals surface area contributed by atoms with Crippen molar-refractivity contribution in [2.24, 2.45) is 0 Å². The minimum Gasteiger partial charge on any atom is -0.457 e. The summed E-state index contributed by atoms with van der Waals surface area (Å²) in [6.07, 6.45) is 49.9. The molecule has 3 unspecified atom stereocenters. The molecule has 3 atom stereocenters. The van der Waals surface area contributed by atoms with E-state index in [-0.39, 0.29) is 25.6 Å². The van der Waals surface area contributed by atoms with Crippen LogP contribution >= 0.6 is 7.82 Å². The molecule has 3 N–H and O–H groups in total. The lowest BCUT2D eigenvalue weighted by molar-refractivity contribution is -0.154. The highest BCUT2D eigenvalue weighted by Crippen LogP contribution is 2.43. The van der Waals surface area contributed by atoms with Crippen molar-refractivity contribution in [1.29, 1.82) is 0 Å². The fourth-order valence-electron chi connectivity index (χ4n) is 7.09. The summed E-state index contributed by atoms with van der Waals surface area (Å²) in [5.41, 5.74) is 0. The number of carbonyl (C=O) groups excluding carboxylic acids is 1. The van der Waals surface area contributed by atoms with Gasteiger partial charge in [0.2, 0.25) is 0 Å². The first-order valence-corrected chi connectivity index (χ1v) is 26.3. The first-order valence-electron chi connectivity index (χ1n) is 24.8. The third kappa shape index (κ3) is 46.3. The molecule has 0 spiro atoms. The third-order valence-corrected chi connectivity index (χ3v) is 11.8. The number of ether oxygens (including phenoxy) is 2. The number of unbranched alkanes of at least 4 members (excludes halogenated alkanes) is 30. The van der Waals surface area contributed by atoms with E-state index in [1.807, 2.05) is 0 Å². The molecule has 59 heavy (non-hydrogen) atoms. The smallest absolute Gasteiger partial charge is 0.457 e. The number of rotatable bonds is 48. The van der Waals surface area contributed by atoms with Crippen LogP contribution in [0.5, 0.6) is 0 Å². The molecule has 0 radical (unpaired) electrons. The van der Waals surface area contributed by atoms with Gasteiger partial charge >= 0.3 is 13.8 Å². The van der Waals surface area contributed by atoms with Crippen molar-refractivity contribution in [1.82, 2.24) is 0 Å². The molecule has 0 saturated carbocycles. The number of esters is 1. The predicted octanol–water partition coefficient (Wildman–Crippen LogP) is 14.2. The fraction of sp³-hybridized carbons (Fsp3) is 0.898. The Morgan fingerprint density at radius 2 is 0.915 bits per heavy atom. The Balaban J connectivity index is 4.07. The Labute approximate surface area is 363 Å². The standard InChI is InChI=1S/C49H95O9P/c1-3-5-7-9-11-13-15-17-19-21-23-25-27-29-31-33-35-37-39-41-49(52)58-48(46-57-59(53,54)56-44-47(51)43-50)45-55-42-40-38-36-34-32-30-28-26-24-22-20-18-16-14-12-10-8-6-4-2/h11,13,17,19,47-48,50-51H,3-10,12,14-16,18,20-46H2,1-2H3,(H,53,54)/b13-11-,19-17-. The van der Waals surface area contributed by atoms with Gasteiger partial charge in [-0.2, -0.15) is 0 Å². The molecule has 0 bridgehead atoms. The van der Waals surface area contributed by atoms with E-state index in [0.29, 0.717) is 6.61 Å². The van der Waals surface area contributed by atoms with E-state index in [1.165, 1.54) is 180 Å². The minimum absolute atomic E-state index is 0.0525. The lowest BCUT2D eigenvalue weighted by Crippen LogP contribution is -2.29. The van der Waals surface area contributed by atoms with Gasteiger partial charge in [0.05, 0.1) is 26.4 Å². The normalized spacial score (nSPS) is 14.1.